The Kier molecular flexibility index (Phi) is 16.1. The van der Waals surface area contributed by atoms with E-state index in [-0.39, 0.29) is 29.2 Å². The molecule has 1 unspecified atom stereocenters. The second kappa shape index (κ2) is 19.8. The highest BCUT2D eigenvalue weighted by Gasteiger charge is 2.12. The molecule has 1 heterocycles. The highest BCUT2D eigenvalue weighted by molar-refractivity contribution is 5.93. The Morgan fingerprint density at radius 1 is 0.955 bits per heavy atom. The SMILES string of the molecule is CCCCC(CC)COC(=O)/C(N)=C/c1ccc(NC(=O)NCCCCCCNC(=O)Nc2nc(C(C)C)cc(=O)[nH]2)cc1. The van der Waals surface area contributed by atoms with E-state index in [0.29, 0.717) is 37.0 Å². The monoisotopic (exact) mass is 611 g/mol. The third kappa shape index (κ3) is 14.2. The number of aromatic amines is 1. The van der Waals surface area contributed by atoms with E-state index in [1.165, 1.54) is 6.07 Å². The summed E-state index contributed by atoms with van der Waals surface area (Å²) in [5.41, 5.74) is 7.60. The van der Waals surface area contributed by atoms with Crippen molar-refractivity contribution in [1.82, 2.24) is 20.6 Å². The molecule has 7 N–H and O–H groups in total. The number of anilines is 2. The molecule has 0 bridgehead atoms. The Morgan fingerprint density at radius 2 is 1.59 bits per heavy atom. The van der Waals surface area contributed by atoms with Crippen molar-refractivity contribution in [2.45, 2.75) is 85.0 Å². The normalized spacial score (nSPS) is 12.0. The first-order valence-electron chi connectivity index (χ1n) is 15.6. The van der Waals surface area contributed by atoms with Crippen LogP contribution in [0.5, 0.6) is 0 Å². The average molecular weight is 612 g/mol. The molecule has 0 radical (unpaired) electrons. The topological polar surface area (TPSA) is 180 Å². The number of carbonyl (C=O) groups excluding carboxylic acids is 3. The van der Waals surface area contributed by atoms with Crippen LogP contribution in [-0.4, -0.2) is 47.7 Å². The third-order valence-electron chi connectivity index (χ3n) is 6.98. The minimum Gasteiger partial charge on any atom is -0.461 e. The first kappa shape index (κ1) is 35.8. The van der Waals surface area contributed by atoms with Gasteiger partial charge in [-0.2, -0.15) is 0 Å². The molecule has 2 aromatic rings. The van der Waals surface area contributed by atoms with E-state index in [0.717, 1.165) is 56.9 Å². The third-order valence-corrected chi connectivity index (χ3v) is 6.98. The quantitative estimate of drug-likeness (QED) is 0.0736. The number of hydrogen-bond acceptors (Lipinski definition) is 7. The molecule has 0 aliphatic carbocycles. The first-order chi connectivity index (χ1) is 21.1. The second-order valence-corrected chi connectivity index (χ2v) is 11.1. The molecule has 242 valence electrons. The zero-order valence-corrected chi connectivity index (χ0v) is 26.5. The van der Waals surface area contributed by atoms with Gasteiger partial charge < -0.3 is 26.4 Å². The number of esters is 1. The fraction of sp³-hybridized carbons (Fsp3) is 0.531. The molecule has 0 aliphatic rings. The number of nitrogens with two attached hydrogens (primary N) is 1. The van der Waals surface area contributed by atoms with E-state index >= 15 is 0 Å². The minimum atomic E-state index is -0.525. The molecule has 0 spiro atoms. The lowest BCUT2D eigenvalue weighted by Crippen LogP contribution is -2.31. The number of ether oxygens (including phenoxy) is 1. The maximum absolute atomic E-state index is 12.3. The Balaban J connectivity index is 1.60. The van der Waals surface area contributed by atoms with E-state index in [2.05, 4.69) is 45.1 Å². The van der Waals surface area contributed by atoms with Crippen molar-refractivity contribution >= 4 is 35.7 Å². The number of rotatable bonds is 18. The standard InChI is InChI=1S/C32H49N7O5/c1-5-7-12-23(6-2)21-44-29(41)26(33)19-24-13-15-25(16-14-24)36-31(42)34-17-10-8-9-11-18-35-32(43)39-30-37-27(22(3)4)20-28(40)38-30/h13-16,19-20,22-23H,5-12,17-18,21,33H2,1-4H3,(H2,34,36,42)(H3,35,37,38,39,40,43)/b26-19-. The number of hydrogen-bond donors (Lipinski definition) is 6. The molecule has 4 amide bonds. The summed E-state index contributed by atoms with van der Waals surface area (Å²) in [5.74, 6) is 0.0103. The largest absolute Gasteiger partial charge is 0.461 e. The van der Waals surface area contributed by atoms with Crippen molar-refractivity contribution in [2.24, 2.45) is 11.7 Å². The summed E-state index contributed by atoms with van der Waals surface area (Å²) < 4.78 is 5.39. The molecule has 44 heavy (non-hydrogen) atoms. The molecule has 1 atom stereocenters. The minimum absolute atomic E-state index is 0.0371. The lowest BCUT2D eigenvalue weighted by Gasteiger charge is -2.14. The van der Waals surface area contributed by atoms with E-state index in [1.54, 1.807) is 30.3 Å². The van der Waals surface area contributed by atoms with Crippen LogP contribution in [0.4, 0.5) is 21.2 Å². The van der Waals surface area contributed by atoms with Crippen LogP contribution < -0.4 is 32.6 Å². The van der Waals surface area contributed by atoms with Crippen LogP contribution in [0, 0.1) is 5.92 Å². The summed E-state index contributed by atoms with van der Waals surface area (Å²) in [4.78, 5) is 55.0. The van der Waals surface area contributed by atoms with Gasteiger partial charge in [0.05, 0.1) is 12.3 Å². The number of amides is 4. The predicted octanol–water partition coefficient (Wildman–Crippen LogP) is 5.46. The number of unbranched alkanes of at least 4 members (excludes halogenated alkanes) is 4. The van der Waals surface area contributed by atoms with Gasteiger partial charge in [-0.15, -0.1) is 0 Å². The average Bonchev–Trinajstić information content (AvgIpc) is 2.99. The van der Waals surface area contributed by atoms with Crippen LogP contribution in [0.3, 0.4) is 0 Å². The lowest BCUT2D eigenvalue weighted by atomic mass is 10.0. The van der Waals surface area contributed by atoms with Crippen LogP contribution in [0.2, 0.25) is 0 Å². The summed E-state index contributed by atoms with van der Waals surface area (Å²) in [6, 6.07) is 7.67. The summed E-state index contributed by atoms with van der Waals surface area (Å²) in [6.07, 6.45) is 9.11. The molecular formula is C32H49N7O5. The zero-order valence-electron chi connectivity index (χ0n) is 26.5. The Bertz CT molecular complexity index is 1270. The fourth-order valence-electron chi connectivity index (χ4n) is 4.24. The summed E-state index contributed by atoms with van der Waals surface area (Å²) >= 11 is 0. The number of aromatic nitrogens is 2. The van der Waals surface area contributed by atoms with Crippen LogP contribution in [0.25, 0.3) is 6.08 Å². The Labute approximate surface area is 260 Å². The number of nitrogens with zero attached hydrogens (tertiary/aromatic N) is 1. The molecule has 1 aromatic carbocycles. The van der Waals surface area contributed by atoms with Gasteiger partial charge in [0.25, 0.3) is 5.56 Å². The molecule has 2 rings (SSSR count). The molecule has 0 aliphatic heterocycles. The van der Waals surface area contributed by atoms with E-state index in [9.17, 15) is 19.2 Å². The number of benzene rings is 1. The summed E-state index contributed by atoms with van der Waals surface area (Å²) in [7, 11) is 0. The fourth-order valence-corrected chi connectivity index (χ4v) is 4.24. The van der Waals surface area contributed by atoms with E-state index in [1.807, 2.05) is 13.8 Å². The Morgan fingerprint density at radius 3 is 2.18 bits per heavy atom. The highest BCUT2D eigenvalue weighted by Crippen LogP contribution is 2.15. The molecule has 0 saturated carbocycles. The number of nitrogens with one attached hydrogen (secondary N) is 5. The smallest absolute Gasteiger partial charge is 0.354 e. The maximum Gasteiger partial charge on any atom is 0.354 e. The first-order valence-corrected chi connectivity index (χ1v) is 15.6. The van der Waals surface area contributed by atoms with Gasteiger partial charge in [-0.3, -0.25) is 15.1 Å². The molecule has 0 saturated heterocycles. The molecule has 1 aromatic heterocycles. The van der Waals surface area contributed by atoms with Gasteiger partial charge in [-0.05, 0) is 54.9 Å². The van der Waals surface area contributed by atoms with Gasteiger partial charge in [-0.1, -0.05) is 71.9 Å². The molecule has 12 nitrogen and oxygen atoms in total. The number of urea groups is 2. The predicted molar refractivity (Wildman–Crippen MR) is 174 cm³/mol. The van der Waals surface area contributed by atoms with Crippen LogP contribution in [0.1, 0.15) is 96.2 Å². The van der Waals surface area contributed by atoms with Crippen molar-refractivity contribution < 1.29 is 19.1 Å². The molecular weight excluding hydrogens is 562 g/mol. The van der Waals surface area contributed by atoms with Gasteiger partial charge >= 0.3 is 18.0 Å². The zero-order chi connectivity index (χ0) is 32.3. The summed E-state index contributed by atoms with van der Waals surface area (Å²) in [5, 5.41) is 10.9. The van der Waals surface area contributed by atoms with Crippen LogP contribution in [-0.2, 0) is 9.53 Å². The lowest BCUT2D eigenvalue weighted by molar-refractivity contribution is -0.140. The van der Waals surface area contributed by atoms with Crippen molar-refractivity contribution in [1.29, 1.82) is 0 Å². The number of H-pyrrole nitrogens is 1. The maximum atomic E-state index is 12.3. The van der Waals surface area contributed by atoms with Gasteiger partial charge in [0, 0.05) is 24.8 Å². The number of carbonyl (C=O) groups is 3. The van der Waals surface area contributed by atoms with Crippen molar-refractivity contribution in [3.05, 3.63) is 57.6 Å². The van der Waals surface area contributed by atoms with Crippen molar-refractivity contribution in [2.75, 3.05) is 30.3 Å². The van der Waals surface area contributed by atoms with E-state index < -0.39 is 12.0 Å². The van der Waals surface area contributed by atoms with Crippen LogP contribution >= 0.6 is 0 Å². The molecule has 12 heteroatoms. The van der Waals surface area contributed by atoms with Crippen molar-refractivity contribution in [3.8, 4) is 0 Å². The van der Waals surface area contributed by atoms with Crippen molar-refractivity contribution in [3.63, 3.8) is 0 Å². The second-order valence-electron chi connectivity index (χ2n) is 11.1. The Hall–Kier alpha value is -4.35. The van der Waals surface area contributed by atoms with Gasteiger partial charge in [0.1, 0.15) is 5.70 Å². The van der Waals surface area contributed by atoms with Gasteiger partial charge in [-0.25, -0.2) is 19.4 Å². The summed E-state index contributed by atoms with van der Waals surface area (Å²) in [6.45, 7) is 9.43. The molecule has 0 fully saturated rings. The van der Waals surface area contributed by atoms with E-state index in [4.69, 9.17) is 10.5 Å². The highest BCUT2D eigenvalue weighted by atomic mass is 16.5. The van der Waals surface area contributed by atoms with Crippen LogP contribution in [0.15, 0.2) is 40.8 Å². The van der Waals surface area contributed by atoms with Gasteiger partial charge in [0.15, 0.2) is 0 Å². The van der Waals surface area contributed by atoms with Gasteiger partial charge in [0.2, 0.25) is 5.95 Å².